The van der Waals surface area contributed by atoms with E-state index in [1.54, 1.807) is 6.07 Å². The van der Waals surface area contributed by atoms with Crippen LogP contribution in [-0.4, -0.2) is 32.9 Å². The maximum Gasteiger partial charge on any atom is 0.336 e. The Morgan fingerprint density at radius 2 is 1.71 bits per heavy atom. The molecule has 0 unspecified atom stereocenters. The number of allylic oxidation sites excluding steroid dienone is 2. The molecule has 31 heavy (non-hydrogen) atoms. The van der Waals surface area contributed by atoms with Gasteiger partial charge >= 0.3 is 11.9 Å². The van der Waals surface area contributed by atoms with E-state index < -0.39 is 17.5 Å². The van der Waals surface area contributed by atoms with Gasteiger partial charge in [-0.05, 0) is 81.0 Å². The highest BCUT2D eigenvalue weighted by atomic mass is 16.5. The third-order valence-electron chi connectivity index (χ3n) is 4.93. The maximum absolute atomic E-state index is 11.3. The number of benzene rings is 2. The standard InChI is InChI=1S/C25H30O6/c1-17(8-5-4-6-13-25(2,3)30)19-9-7-10-20(15-19)31-16-18-11-12-21(23(26)27)22(14-18)24(28)29/h7-12,14-15,30H,4-6,13,16H2,1-3H3,(H,26,27)(H,28,29). The molecule has 6 nitrogen and oxygen atoms in total. The fraction of sp³-hybridized carbons (Fsp3) is 0.360. The summed E-state index contributed by atoms with van der Waals surface area (Å²) < 4.78 is 5.80. The number of aromatic carboxylic acids is 2. The Bertz CT molecular complexity index is 953. The van der Waals surface area contributed by atoms with E-state index in [0.29, 0.717) is 11.3 Å². The summed E-state index contributed by atoms with van der Waals surface area (Å²) in [6.07, 6.45) is 5.86. The van der Waals surface area contributed by atoms with Crippen LogP contribution in [0.5, 0.6) is 5.75 Å². The normalized spacial score (nSPS) is 11.9. The van der Waals surface area contributed by atoms with Gasteiger partial charge in [0.05, 0.1) is 16.7 Å². The van der Waals surface area contributed by atoms with Crippen LogP contribution >= 0.6 is 0 Å². The molecule has 6 heteroatoms. The van der Waals surface area contributed by atoms with Crippen molar-refractivity contribution in [3.05, 3.63) is 70.8 Å². The van der Waals surface area contributed by atoms with Crippen molar-refractivity contribution in [2.45, 2.75) is 58.7 Å². The molecule has 0 amide bonds. The largest absolute Gasteiger partial charge is 0.489 e. The quantitative estimate of drug-likeness (QED) is 0.416. The lowest BCUT2D eigenvalue weighted by atomic mass is 9.99. The lowest BCUT2D eigenvalue weighted by Crippen LogP contribution is -2.17. The molecule has 0 fully saturated rings. The summed E-state index contributed by atoms with van der Waals surface area (Å²) in [5.74, 6) is -1.92. The Balaban J connectivity index is 1.99. The van der Waals surface area contributed by atoms with Crippen molar-refractivity contribution in [2.75, 3.05) is 0 Å². The van der Waals surface area contributed by atoms with Crippen LogP contribution in [0, 0.1) is 0 Å². The van der Waals surface area contributed by atoms with Crippen LogP contribution in [0.4, 0.5) is 0 Å². The highest BCUT2D eigenvalue weighted by Gasteiger charge is 2.16. The molecule has 0 bridgehead atoms. The van der Waals surface area contributed by atoms with Gasteiger partial charge in [0, 0.05) is 0 Å². The fourth-order valence-electron chi connectivity index (χ4n) is 3.18. The number of unbranched alkanes of at least 4 members (excludes halogenated alkanes) is 2. The van der Waals surface area contributed by atoms with Crippen LogP contribution in [-0.2, 0) is 6.61 Å². The molecule has 0 radical (unpaired) electrons. The Morgan fingerprint density at radius 1 is 1.00 bits per heavy atom. The number of carboxylic acid groups (broad SMARTS) is 2. The van der Waals surface area contributed by atoms with E-state index in [0.717, 1.165) is 36.8 Å². The highest BCUT2D eigenvalue weighted by molar-refractivity contribution is 6.01. The van der Waals surface area contributed by atoms with Gasteiger partial charge < -0.3 is 20.1 Å². The number of carbonyl (C=O) groups is 2. The van der Waals surface area contributed by atoms with Crippen molar-refractivity contribution in [1.82, 2.24) is 0 Å². The Labute approximate surface area is 182 Å². The summed E-state index contributed by atoms with van der Waals surface area (Å²) in [6.45, 7) is 5.81. The van der Waals surface area contributed by atoms with Crippen LogP contribution in [0.25, 0.3) is 5.57 Å². The topological polar surface area (TPSA) is 104 Å². The zero-order valence-electron chi connectivity index (χ0n) is 18.2. The molecule has 0 atom stereocenters. The molecule has 0 heterocycles. The second kappa shape index (κ2) is 10.8. The Hall–Kier alpha value is -3.12. The van der Waals surface area contributed by atoms with Gasteiger partial charge in [0.15, 0.2) is 0 Å². The van der Waals surface area contributed by atoms with Gasteiger partial charge in [-0.1, -0.05) is 30.7 Å². The summed E-state index contributed by atoms with van der Waals surface area (Å²) >= 11 is 0. The van der Waals surface area contributed by atoms with E-state index in [2.05, 4.69) is 6.08 Å². The van der Waals surface area contributed by atoms with E-state index in [9.17, 15) is 19.8 Å². The summed E-state index contributed by atoms with van der Waals surface area (Å²) in [4.78, 5) is 22.5. The molecular weight excluding hydrogens is 396 g/mol. The average Bonchev–Trinajstić information content (AvgIpc) is 2.70. The predicted octanol–water partition coefficient (Wildman–Crippen LogP) is 5.40. The molecule has 2 rings (SSSR count). The predicted molar refractivity (Wildman–Crippen MR) is 120 cm³/mol. The molecule has 2 aromatic carbocycles. The second-order valence-electron chi connectivity index (χ2n) is 8.25. The smallest absolute Gasteiger partial charge is 0.336 e. The van der Waals surface area contributed by atoms with Crippen molar-refractivity contribution in [3.63, 3.8) is 0 Å². The number of hydrogen-bond acceptors (Lipinski definition) is 4. The first-order valence-electron chi connectivity index (χ1n) is 10.3. The number of hydrogen-bond donors (Lipinski definition) is 3. The van der Waals surface area contributed by atoms with Crippen LogP contribution in [0.15, 0.2) is 48.5 Å². The molecule has 0 spiro atoms. The second-order valence-corrected chi connectivity index (χ2v) is 8.25. The van der Waals surface area contributed by atoms with E-state index in [4.69, 9.17) is 9.84 Å². The molecule has 0 saturated heterocycles. The van der Waals surface area contributed by atoms with E-state index in [1.807, 2.05) is 45.0 Å². The maximum atomic E-state index is 11.3. The van der Waals surface area contributed by atoms with E-state index in [1.165, 1.54) is 12.1 Å². The minimum absolute atomic E-state index is 0.128. The van der Waals surface area contributed by atoms with Gasteiger partial charge in [0.2, 0.25) is 0 Å². The lowest BCUT2D eigenvalue weighted by Gasteiger charge is -2.16. The lowest BCUT2D eigenvalue weighted by molar-refractivity contribution is 0.0651. The molecule has 0 aliphatic carbocycles. The zero-order chi connectivity index (χ0) is 23.0. The summed E-state index contributed by atoms with van der Waals surface area (Å²) in [5, 5.41) is 28.1. The Kier molecular flexibility index (Phi) is 8.39. The first kappa shape index (κ1) is 24.2. The molecule has 0 saturated carbocycles. The molecule has 2 aromatic rings. The molecule has 3 N–H and O–H groups in total. The monoisotopic (exact) mass is 426 g/mol. The summed E-state index contributed by atoms with van der Waals surface area (Å²) in [5.41, 5.74) is 1.61. The minimum Gasteiger partial charge on any atom is -0.489 e. The molecule has 0 aliphatic rings. The van der Waals surface area contributed by atoms with Crippen LogP contribution < -0.4 is 4.74 Å². The summed E-state index contributed by atoms with van der Waals surface area (Å²) in [6, 6.07) is 11.8. The van der Waals surface area contributed by atoms with Crippen molar-refractivity contribution in [2.24, 2.45) is 0 Å². The zero-order valence-corrected chi connectivity index (χ0v) is 18.2. The molecule has 166 valence electrons. The Morgan fingerprint density at radius 3 is 2.35 bits per heavy atom. The third kappa shape index (κ3) is 7.90. The van der Waals surface area contributed by atoms with Crippen molar-refractivity contribution >= 4 is 17.5 Å². The molecular formula is C25H30O6. The highest BCUT2D eigenvalue weighted by Crippen LogP contribution is 2.23. The van der Waals surface area contributed by atoms with E-state index in [-0.39, 0.29) is 17.7 Å². The number of carboxylic acids is 2. The van der Waals surface area contributed by atoms with Gasteiger partial charge in [-0.15, -0.1) is 0 Å². The number of ether oxygens (including phenoxy) is 1. The van der Waals surface area contributed by atoms with Gasteiger partial charge in [-0.2, -0.15) is 0 Å². The van der Waals surface area contributed by atoms with Crippen molar-refractivity contribution in [3.8, 4) is 5.75 Å². The van der Waals surface area contributed by atoms with Crippen LogP contribution in [0.1, 0.15) is 78.3 Å². The first-order valence-corrected chi connectivity index (χ1v) is 10.3. The van der Waals surface area contributed by atoms with Crippen LogP contribution in [0.2, 0.25) is 0 Å². The first-order chi connectivity index (χ1) is 14.6. The SMILES string of the molecule is CC(=CCCCCC(C)(C)O)c1cccc(OCc2ccc(C(=O)O)c(C(=O)O)c2)c1. The fourth-order valence-corrected chi connectivity index (χ4v) is 3.18. The van der Waals surface area contributed by atoms with Crippen LogP contribution in [0.3, 0.4) is 0 Å². The molecule has 0 aromatic heterocycles. The van der Waals surface area contributed by atoms with Crippen molar-refractivity contribution in [1.29, 1.82) is 0 Å². The third-order valence-corrected chi connectivity index (χ3v) is 4.93. The van der Waals surface area contributed by atoms with Gasteiger partial charge in [0.1, 0.15) is 12.4 Å². The minimum atomic E-state index is -1.29. The molecule has 0 aliphatic heterocycles. The number of rotatable bonds is 11. The van der Waals surface area contributed by atoms with Gasteiger partial charge in [-0.3, -0.25) is 0 Å². The summed E-state index contributed by atoms with van der Waals surface area (Å²) in [7, 11) is 0. The number of aliphatic hydroxyl groups is 1. The van der Waals surface area contributed by atoms with E-state index >= 15 is 0 Å². The van der Waals surface area contributed by atoms with Crippen molar-refractivity contribution < 1.29 is 29.6 Å². The van der Waals surface area contributed by atoms with Gasteiger partial charge in [0.25, 0.3) is 0 Å². The van der Waals surface area contributed by atoms with Gasteiger partial charge in [-0.25, -0.2) is 9.59 Å². The average molecular weight is 427 g/mol.